The molecule has 0 aliphatic carbocycles. The number of hydrogen-bond acceptors (Lipinski definition) is 2. The van der Waals surface area contributed by atoms with E-state index in [1.807, 2.05) is 18.2 Å². The summed E-state index contributed by atoms with van der Waals surface area (Å²) < 4.78 is 10.5. The van der Waals surface area contributed by atoms with Gasteiger partial charge in [-0.15, -0.1) is 0 Å². The number of methoxy groups -OCH3 is 2. The first kappa shape index (κ1) is 13.1. The van der Waals surface area contributed by atoms with Gasteiger partial charge in [-0.1, -0.05) is 22.0 Å². The predicted octanol–water partition coefficient (Wildman–Crippen LogP) is 3.89. The summed E-state index contributed by atoms with van der Waals surface area (Å²) in [5, 5.41) is 0.975. The third-order valence-electron chi connectivity index (χ3n) is 2.39. The fourth-order valence-electron chi connectivity index (χ4n) is 1.51. The Morgan fingerprint density at radius 2 is 2.06 bits per heavy atom. The zero-order chi connectivity index (χ0) is 12.0. The van der Waals surface area contributed by atoms with Gasteiger partial charge in [0.1, 0.15) is 11.5 Å². The molecule has 0 aliphatic rings. The van der Waals surface area contributed by atoms with Crippen LogP contribution in [0.5, 0.6) is 11.5 Å². The number of rotatable bonds is 5. The molecule has 0 fully saturated rings. The number of ether oxygens (including phenoxy) is 2. The Hall–Kier alpha value is -0.960. The molecule has 0 N–H and O–H groups in total. The summed E-state index contributed by atoms with van der Waals surface area (Å²) in [4.78, 5) is 0. The molecule has 0 aromatic heterocycles. The lowest BCUT2D eigenvalue weighted by molar-refractivity contribution is 0.393. The first-order valence-electron chi connectivity index (χ1n) is 5.18. The van der Waals surface area contributed by atoms with E-state index in [0.717, 1.165) is 28.8 Å². The predicted molar refractivity (Wildman–Crippen MR) is 71.6 cm³/mol. The van der Waals surface area contributed by atoms with E-state index in [2.05, 4.69) is 28.9 Å². The molecule has 1 rings (SSSR count). The van der Waals surface area contributed by atoms with Crippen LogP contribution in [0, 0.1) is 0 Å². The van der Waals surface area contributed by atoms with E-state index in [0.29, 0.717) is 0 Å². The van der Waals surface area contributed by atoms with Crippen molar-refractivity contribution in [1.82, 2.24) is 0 Å². The minimum absolute atomic E-state index is 0.814. The van der Waals surface area contributed by atoms with Gasteiger partial charge in [0.2, 0.25) is 0 Å². The largest absolute Gasteiger partial charge is 0.497 e. The molecule has 0 saturated carbocycles. The van der Waals surface area contributed by atoms with E-state index < -0.39 is 0 Å². The van der Waals surface area contributed by atoms with Crippen molar-refractivity contribution in [3.05, 3.63) is 29.8 Å². The van der Waals surface area contributed by atoms with E-state index in [1.165, 1.54) is 5.57 Å². The number of allylic oxidation sites excluding steroid dienone is 2. The lowest BCUT2D eigenvalue weighted by Crippen LogP contribution is -1.92. The highest BCUT2D eigenvalue weighted by Gasteiger charge is 2.06. The molecule has 0 aliphatic heterocycles. The van der Waals surface area contributed by atoms with Gasteiger partial charge in [-0.25, -0.2) is 0 Å². The highest BCUT2D eigenvalue weighted by atomic mass is 79.9. The van der Waals surface area contributed by atoms with Crippen LogP contribution in [0.4, 0.5) is 0 Å². The highest BCUT2D eigenvalue weighted by Crippen LogP contribution is 2.30. The zero-order valence-electron chi connectivity index (χ0n) is 9.92. The van der Waals surface area contributed by atoms with E-state index in [-0.39, 0.29) is 0 Å². The van der Waals surface area contributed by atoms with Gasteiger partial charge >= 0.3 is 0 Å². The molecule has 0 atom stereocenters. The molecule has 0 heterocycles. The highest BCUT2D eigenvalue weighted by molar-refractivity contribution is 9.09. The number of alkyl halides is 1. The monoisotopic (exact) mass is 284 g/mol. The van der Waals surface area contributed by atoms with Gasteiger partial charge in [0.05, 0.1) is 14.2 Å². The molecular formula is C13H17BrO2. The van der Waals surface area contributed by atoms with Crippen molar-refractivity contribution < 1.29 is 9.47 Å². The molecule has 0 amide bonds. The van der Waals surface area contributed by atoms with Crippen molar-refractivity contribution in [2.24, 2.45) is 0 Å². The van der Waals surface area contributed by atoms with Crippen LogP contribution in [0.15, 0.2) is 24.3 Å². The zero-order valence-corrected chi connectivity index (χ0v) is 11.5. The molecule has 1 aromatic carbocycles. The third-order valence-corrected chi connectivity index (χ3v) is 2.85. The van der Waals surface area contributed by atoms with Crippen molar-refractivity contribution in [2.45, 2.75) is 13.3 Å². The Morgan fingerprint density at radius 3 is 2.62 bits per heavy atom. The van der Waals surface area contributed by atoms with Gasteiger partial charge in [0.25, 0.3) is 0 Å². The van der Waals surface area contributed by atoms with Crippen molar-refractivity contribution in [2.75, 3.05) is 19.5 Å². The Labute approximate surface area is 105 Å². The molecule has 0 spiro atoms. The Kier molecular flexibility index (Phi) is 5.39. The number of benzene rings is 1. The summed E-state index contributed by atoms with van der Waals surface area (Å²) in [5.41, 5.74) is 2.34. The van der Waals surface area contributed by atoms with Crippen molar-refractivity contribution >= 4 is 21.5 Å². The van der Waals surface area contributed by atoms with Gasteiger partial charge in [-0.2, -0.15) is 0 Å². The van der Waals surface area contributed by atoms with E-state index in [9.17, 15) is 0 Å². The van der Waals surface area contributed by atoms with Crippen LogP contribution < -0.4 is 9.47 Å². The molecular weight excluding hydrogens is 268 g/mol. The summed E-state index contributed by atoms with van der Waals surface area (Å²) in [6, 6.07) is 5.88. The summed E-state index contributed by atoms with van der Waals surface area (Å²) in [7, 11) is 3.33. The van der Waals surface area contributed by atoms with Crippen LogP contribution in [0.2, 0.25) is 0 Å². The molecule has 0 saturated heterocycles. The number of halogens is 1. The minimum Gasteiger partial charge on any atom is -0.497 e. The van der Waals surface area contributed by atoms with Crippen LogP contribution in [0.1, 0.15) is 18.9 Å². The lowest BCUT2D eigenvalue weighted by Gasteiger charge is -2.10. The van der Waals surface area contributed by atoms with Gasteiger partial charge in [0, 0.05) is 17.0 Å². The van der Waals surface area contributed by atoms with Crippen molar-refractivity contribution in [1.29, 1.82) is 0 Å². The average molecular weight is 285 g/mol. The normalized spacial score (nSPS) is 11.4. The van der Waals surface area contributed by atoms with Crippen molar-refractivity contribution in [3.8, 4) is 11.5 Å². The SMILES string of the molecule is COc1ccc(/C(C)=C/CCBr)c(OC)c1. The second kappa shape index (κ2) is 6.59. The maximum Gasteiger partial charge on any atom is 0.130 e. The van der Waals surface area contributed by atoms with Gasteiger partial charge in [-0.3, -0.25) is 0 Å². The first-order valence-corrected chi connectivity index (χ1v) is 6.30. The Balaban J connectivity index is 3.03. The molecule has 0 unspecified atom stereocenters. The van der Waals surface area contributed by atoms with Gasteiger partial charge in [-0.05, 0) is 31.1 Å². The Morgan fingerprint density at radius 1 is 1.31 bits per heavy atom. The summed E-state index contributed by atoms with van der Waals surface area (Å²) >= 11 is 3.41. The maximum absolute atomic E-state index is 5.36. The molecule has 1 aromatic rings. The smallest absolute Gasteiger partial charge is 0.130 e. The molecule has 0 bridgehead atoms. The third kappa shape index (κ3) is 3.27. The van der Waals surface area contributed by atoms with E-state index >= 15 is 0 Å². The van der Waals surface area contributed by atoms with Crippen LogP contribution in [0.3, 0.4) is 0 Å². The minimum atomic E-state index is 0.814. The number of hydrogen-bond donors (Lipinski definition) is 0. The quantitative estimate of drug-likeness (QED) is 0.764. The summed E-state index contributed by atoms with van der Waals surface area (Å²) in [5.74, 6) is 1.66. The average Bonchev–Trinajstić information content (AvgIpc) is 2.34. The van der Waals surface area contributed by atoms with Crippen LogP contribution in [-0.4, -0.2) is 19.5 Å². The summed E-state index contributed by atoms with van der Waals surface area (Å²) in [6.07, 6.45) is 3.21. The molecule has 16 heavy (non-hydrogen) atoms. The molecule has 3 heteroatoms. The second-order valence-corrected chi connectivity index (χ2v) is 4.22. The standard InChI is InChI=1S/C13H17BrO2/c1-10(5-4-8-14)12-7-6-11(15-2)9-13(12)16-3/h5-7,9H,4,8H2,1-3H3/b10-5+. The fraction of sp³-hybridized carbons (Fsp3) is 0.385. The topological polar surface area (TPSA) is 18.5 Å². The van der Waals surface area contributed by atoms with Crippen LogP contribution >= 0.6 is 15.9 Å². The first-order chi connectivity index (χ1) is 7.72. The van der Waals surface area contributed by atoms with E-state index in [4.69, 9.17) is 9.47 Å². The van der Waals surface area contributed by atoms with Crippen LogP contribution in [-0.2, 0) is 0 Å². The van der Waals surface area contributed by atoms with Gasteiger partial charge < -0.3 is 9.47 Å². The fourth-order valence-corrected chi connectivity index (χ4v) is 1.73. The second-order valence-electron chi connectivity index (χ2n) is 3.43. The lowest BCUT2D eigenvalue weighted by atomic mass is 10.1. The Bertz CT molecular complexity index is 372. The molecule has 2 nitrogen and oxygen atoms in total. The van der Waals surface area contributed by atoms with E-state index in [1.54, 1.807) is 14.2 Å². The summed E-state index contributed by atoms with van der Waals surface area (Å²) in [6.45, 7) is 2.09. The molecule has 88 valence electrons. The molecule has 0 radical (unpaired) electrons. The maximum atomic E-state index is 5.36. The van der Waals surface area contributed by atoms with Crippen LogP contribution in [0.25, 0.3) is 5.57 Å². The van der Waals surface area contributed by atoms with Gasteiger partial charge in [0.15, 0.2) is 0 Å². The van der Waals surface area contributed by atoms with Crippen molar-refractivity contribution in [3.63, 3.8) is 0 Å².